The van der Waals surface area contributed by atoms with Crippen molar-refractivity contribution in [2.45, 2.75) is 12.8 Å². The van der Waals surface area contributed by atoms with Gasteiger partial charge in [0.15, 0.2) is 0 Å². The maximum absolute atomic E-state index is 9.21. The fourth-order valence-corrected chi connectivity index (χ4v) is 3.86. The topological polar surface area (TPSA) is 47.5 Å². The van der Waals surface area contributed by atoms with E-state index in [1.54, 1.807) is 0 Å². The normalized spacial score (nSPS) is 35.9. The van der Waals surface area contributed by atoms with Crippen LogP contribution in [-0.2, 0) is 0 Å². The van der Waals surface area contributed by atoms with Crippen LogP contribution in [-0.4, -0.2) is 62.4 Å². The summed E-state index contributed by atoms with van der Waals surface area (Å²) in [5.74, 6) is 3.43. The summed E-state index contributed by atoms with van der Waals surface area (Å²) in [5.41, 5.74) is 0. The van der Waals surface area contributed by atoms with Gasteiger partial charge in [-0.3, -0.25) is 0 Å². The number of hydrogen-bond donors (Lipinski definition) is 3. The first-order valence-electron chi connectivity index (χ1n) is 7.63. The third kappa shape index (κ3) is 4.46. The molecule has 120 valence electrons. The van der Waals surface area contributed by atoms with Crippen molar-refractivity contribution in [3.05, 3.63) is 0 Å². The van der Waals surface area contributed by atoms with Crippen molar-refractivity contribution in [3.8, 4) is 0 Å². The highest BCUT2D eigenvalue weighted by Crippen LogP contribution is 2.47. The smallest absolute Gasteiger partial charge is 0.0471 e. The number of likely N-dealkylation sites (tertiary alicyclic amines) is 1. The minimum absolute atomic E-state index is 0. The summed E-state index contributed by atoms with van der Waals surface area (Å²) < 4.78 is 0. The second-order valence-corrected chi connectivity index (χ2v) is 6.35. The van der Waals surface area contributed by atoms with Crippen molar-refractivity contribution in [3.63, 3.8) is 0 Å². The Morgan fingerprint density at radius 2 is 1.95 bits per heavy atom. The van der Waals surface area contributed by atoms with Gasteiger partial charge in [0.1, 0.15) is 0 Å². The molecule has 0 aromatic rings. The summed E-state index contributed by atoms with van der Waals surface area (Å²) in [6, 6.07) is 0. The predicted molar refractivity (Wildman–Crippen MR) is 87.0 cm³/mol. The van der Waals surface area contributed by atoms with E-state index in [1.165, 1.54) is 39.0 Å². The Morgan fingerprint density at radius 3 is 2.65 bits per heavy atom. The van der Waals surface area contributed by atoms with Gasteiger partial charge < -0.3 is 20.6 Å². The summed E-state index contributed by atoms with van der Waals surface area (Å²) in [4.78, 5) is 2.51. The van der Waals surface area contributed by atoms with Crippen molar-refractivity contribution in [1.29, 1.82) is 0 Å². The van der Waals surface area contributed by atoms with Crippen LogP contribution in [0.3, 0.4) is 0 Å². The van der Waals surface area contributed by atoms with Gasteiger partial charge in [-0.1, -0.05) is 0 Å². The molecule has 3 N–H and O–H groups in total. The van der Waals surface area contributed by atoms with E-state index in [4.69, 9.17) is 0 Å². The molecule has 4 atom stereocenters. The highest BCUT2D eigenvalue weighted by Gasteiger charge is 2.51. The van der Waals surface area contributed by atoms with E-state index in [-0.39, 0.29) is 24.8 Å². The maximum atomic E-state index is 9.21. The number of fused-ring (bicyclic) bond motifs is 1. The molecule has 2 aliphatic heterocycles. The number of rotatable bonds is 6. The number of aliphatic hydroxyl groups is 1. The van der Waals surface area contributed by atoms with Crippen molar-refractivity contribution < 1.29 is 5.11 Å². The number of nitrogens with one attached hydrogen (secondary N) is 2. The molecule has 6 heteroatoms. The molecule has 0 radical (unpaired) electrons. The third-order valence-corrected chi connectivity index (χ3v) is 5.12. The molecule has 0 bridgehead atoms. The average Bonchev–Trinajstić information content (AvgIpc) is 2.85. The number of aliphatic hydroxyl groups excluding tert-OH is 1. The van der Waals surface area contributed by atoms with Gasteiger partial charge in [0.05, 0.1) is 0 Å². The zero-order valence-corrected chi connectivity index (χ0v) is 13.7. The van der Waals surface area contributed by atoms with Gasteiger partial charge in [-0.2, -0.15) is 0 Å². The summed E-state index contributed by atoms with van der Waals surface area (Å²) in [6.45, 7) is 8.66. The molecule has 20 heavy (non-hydrogen) atoms. The molecule has 0 aromatic carbocycles. The van der Waals surface area contributed by atoms with Crippen LogP contribution in [0.1, 0.15) is 12.8 Å². The quantitative estimate of drug-likeness (QED) is 0.626. The molecule has 0 spiro atoms. The van der Waals surface area contributed by atoms with Gasteiger partial charge in [-0.05, 0) is 62.7 Å². The molecule has 3 fully saturated rings. The average molecular weight is 326 g/mol. The fourth-order valence-electron chi connectivity index (χ4n) is 3.86. The lowest BCUT2D eigenvalue weighted by Crippen LogP contribution is -2.41. The molecular weight excluding hydrogens is 297 g/mol. The monoisotopic (exact) mass is 325 g/mol. The van der Waals surface area contributed by atoms with Crippen molar-refractivity contribution in [2.24, 2.45) is 23.7 Å². The van der Waals surface area contributed by atoms with Gasteiger partial charge in [0, 0.05) is 26.2 Å². The van der Waals surface area contributed by atoms with Gasteiger partial charge in [-0.15, -0.1) is 24.8 Å². The Hall–Kier alpha value is 0.420. The molecule has 2 heterocycles. The molecule has 0 amide bonds. The van der Waals surface area contributed by atoms with E-state index in [1.807, 2.05) is 0 Å². The number of hydrogen-bond acceptors (Lipinski definition) is 4. The lowest BCUT2D eigenvalue weighted by Gasteiger charge is -2.31. The highest BCUT2D eigenvalue weighted by molar-refractivity contribution is 5.85. The first-order valence-corrected chi connectivity index (χ1v) is 7.63. The number of halogens is 2. The minimum Gasteiger partial charge on any atom is -0.396 e. The Labute approximate surface area is 134 Å². The van der Waals surface area contributed by atoms with E-state index in [2.05, 4.69) is 15.5 Å². The maximum Gasteiger partial charge on any atom is 0.0471 e. The molecule has 2 unspecified atom stereocenters. The van der Waals surface area contributed by atoms with E-state index >= 15 is 0 Å². The second kappa shape index (κ2) is 8.76. The van der Waals surface area contributed by atoms with Crippen LogP contribution in [0, 0.1) is 23.7 Å². The van der Waals surface area contributed by atoms with Crippen molar-refractivity contribution >= 4 is 24.8 Å². The Morgan fingerprint density at radius 1 is 1.20 bits per heavy atom. The number of nitrogens with zero attached hydrogens (tertiary/aromatic N) is 1. The second-order valence-electron chi connectivity index (χ2n) is 6.35. The zero-order valence-electron chi connectivity index (χ0n) is 12.1. The first kappa shape index (κ1) is 18.5. The van der Waals surface area contributed by atoms with E-state index < -0.39 is 0 Å². The van der Waals surface area contributed by atoms with Gasteiger partial charge in [0.25, 0.3) is 0 Å². The standard InChI is InChI=1S/C14H27N3O.2ClH/c18-10-11-2-1-4-17(9-11)5-3-15-6-12-13-7-16-8-14(12)13;;/h11-16,18H,1-10H2;2*1H/t11?,12?,13-,14+;;. The lowest BCUT2D eigenvalue weighted by molar-refractivity contribution is 0.121. The molecule has 4 nitrogen and oxygen atoms in total. The van der Waals surface area contributed by atoms with Crippen LogP contribution in [0.25, 0.3) is 0 Å². The van der Waals surface area contributed by atoms with Gasteiger partial charge >= 0.3 is 0 Å². The van der Waals surface area contributed by atoms with Crippen molar-refractivity contribution in [2.75, 3.05) is 52.4 Å². The summed E-state index contributed by atoms with van der Waals surface area (Å²) in [6.07, 6.45) is 2.46. The zero-order chi connectivity index (χ0) is 12.4. The van der Waals surface area contributed by atoms with E-state index in [0.717, 1.165) is 37.4 Å². The third-order valence-electron chi connectivity index (χ3n) is 5.12. The summed E-state index contributed by atoms with van der Waals surface area (Å²) in [7, 11) is 0. The molecule has 0 aromatic heterocycles. The van der Waals surface area contributed by atoms with Crippen LogP contribution in [0.2, 0.25) is 0 Å². The molecule has 3 aliphatic rings. The lowest BCUT2D eigenvalue weighted by atomic mass is 9.99. The molecule has 3 rings (SSSR count). The van der Waals surface area contributed by atoms with Crippen LogP contribution >= 0.6 is 24.8 Å². The first-order chi connectivity index (χ1) is 8.88. The fraction of sp³-hybridized carbons (Fsp3) is 1.00. The van der Waals surface area contributed by atoms with E-state index in [0.29, 0.717) is 12.5 Å². The SMILES string of the molecule is Cl.Cl.OCC1CCCN(CCNCC2[C@H]3CNC[C@@H]23)C1. The van der Waals surface area contributed by atoms with Crippen molar-refractivity contribution in [1.82, 2.24) is 15.5 Å². The Bertz CT molecular complexity index is 273. The van der Waals surface area contributed by atoms with Crippen LogP contribution in [0.15, 0.2) is 0 Å². The largest absolute Gasteiger partial charge is 0.396 e. The highest BCUT2D eigenvalue weighted by atomic mass is 35.5. The molecule has 2 saturated heterocycles. The number of piperidine rings is 2. The van der Waals surface area contributed by atoms with Crippen LogP contribution in [0.4, 0.5) is 0 Å². The van der Waals surface area contributed by atoms with Crippen LogP contribution in [0.5, 0.6) is 0 Å². The van der Waals surface area contributed by atoms with Gasteiger partial charge in [0.2, 0.25) is 0 Å². The molecule has 1 saturated carbocycles. The van der Waals surface area contributed by atoms with Gasteiger partial charge in [-0.25, -0.2) is 0 Å². The summed E-state index contributed by atoms with van der Waals surface area (Å²) in [5, 5.41) is 16.3. The summed E-state index contributed by atoms with van der Waals surface area (Å²) >= 11 is 0. The molecule has 1 aliphatic carbocycles. The Balaban J connectivity index is 0.000001000. The minimum atomic E-state index is 0. The molecular formula is C14H29Cl2N3O. The predicted octanol–water partition coefficient (Wildman–Crippen LogP) is 0.589. The van der Waals surface area contributed by atoms with Crippen LogP contribution < -0.4 is 10.6 Å². The van der Waals surface area contributed by atoms with E-state index in [9.17, 15) is 5.11 Å². The Kier molecular flexibility index (Phi) is 8.09.